The van der Waals surface area contributed by atoms with Gasteiger partial charge in [-0.15, -0.1) is 0 Å². The number of hydrogen-bond acceptors (Lipinski definition) is 3. The molecule has 1 saturated heterocycles. The third-order valence-electron chi connectivity index (χ3n) is 3.24. The van der Waals surface area contributed by atoms with Crippen LogP contribution in [0.2, 0.25) is 0 Å². The maximum absolute atomic E-state index is 13.5. The van der Waals surface area contributed by atoms with Gasteiger partial charge in [0.2, 0.25) is 10.0 Å². The molecule has 19 heavy (non-hydrogen) atoms. The molecular weight excluding hydrogens is 276 g/mol. The van der Waals surface area contributed by atoms with Crippen molar-refractivity contribution >= 4 is 10.0 Å². The van der Waals surface area contributed by atoms with Gasteiger partial charge in [0.15, 0.2) is 0 Å². The fourth-order valence-electron chi connectivity index (χ4n) is 2.28. The van der Waals surface area contributed by atoms with Gasteiger partial charge < -0.3 is 5.11 Å². The van der Waals surface area contributed by atoms with Crippen molar-refractivity contribution in [1.82, 2.24) is 4.31 Å². The molecule has 0 radical (unpaired) electrons. The van der Waals surface area contributed by atoms with Gasteiger partial charge in [-0.05, 0) is 18.9 Å². The Morgan fingerprint density at radius 1 is 1.37 bits per heavy atom. The second-order valence-corrected chi connectivity index (χ2v) is 6.50. The number of rotatable bonds is 4. The third-order valence-corrected chi connectivity index (χ3v) is 5.12. The summed E-state index contributed by atoms with van der Waals surface area (Å²) >= 11 is 0. The Bertz CT molecular complexity index is 562. The van der Waals surface area contributed by atoms with Crippen LogP contribution in [0, 0.1) is 11.6 Å². The van der Waals surface area contributed by atoms with E-state index in [9.17, 15) is 17.2 Å². The van der Waals surface area contributed by atoms with E-state index in [1.54, 1.807) is 0 Å². The highest BCUT2D eigenvalue weighted by molar-refractivity contribution is 7.88. The Morgan fingerprint density at radius 3 is 2.74 bits per heavy atom. The second kappa shape index (κ2) is 5.52. The van der Waals surface area contributed by atoms with E-state index in [4.69, 9.17) is 5.11 Å². The van der Waals surface area contributed by atoms with Crippen LogP contribution < -0.4 is 0 Å². The number of aliphatic hydroxyl groups excluding tert-OH is 1. The van der Waals surface area contributed by atoms with Gasteiger partial charge in [-0.25, -0.2) is 17.2 Å². The zero-order chi connectivity index (χ0) is 14.0. The molecule has 2 rings (SSSR count). The van der Waals surface area contributed by atoms with Crippen molar-refractivity contribution in [2.75, 3.05) is 13.2 Å². The molecule has 1 aromatic rings. The Kier molecular flexibility index (Phi) is 4.17. The average molecular weight is 291 g/mol. The predicted octanol–water partition coefficient (Wildman–Crippen LogP) is 1.25. The number of aliphatic hydroxyl groups is 1. The molecular formula is C12H15F2NO3S. The van der Waals surface area contributed by atoms with Crippen molar-refractivity contribution in [3.63, 3.8) is 0 Å². The standard InChI is InChI=1S/C12H15F2NO3S/c13-10-4-3-9(12(14)6-10)8-19(17,18)15-5-1-2-11(15)7-16/h3-4,6,11,16H,1-2,5,7-8H2/t11-/m1/s1. The number of nitrogens with zero attached hydrogens (tertiary/aromatic N) is 1. The summed E-state index contributed by atoms with van der Waals surface area (Å²) in [5, 5.41) is 9.13. The van der Waals surface area contributed by atoms with Crippen molar-refractivity contribution in [3.05, 3.63) is 35.4 Å². The van der Waals surface area contributed by atoms with E-state index >= 15 is 0 Å². The van der Waals surface area contributed by atoms with Crippen molar-refractivity contribution in [2.24, 2.45) is 0 Å². The lowest BCUT2D eigenvalue weighted by molar-refractivity contribution is 0.213. The Balaban J connectivity index is 2.21. The van der Waals surface area contributed by atoms with E-state index in [1.165, 1.54) is 4.31 Å². The van der Waals surface area contributed by atoms with E-state index in [2.05, 4.69) is 0 Å². The summed E-state index contributed by atoms with van der Waals surface area (Å²) in [6.45, 7) is 0.0848. The first-order valence-corrected chi connectivity index (χ1v) is 7.59. The maximum Gasteiger partial charge on any atom is 0.218 e. The number of sulfonamides is 1. The van der Waals surface area contributed by atoms with E-state index in [-0.39, 0.29) is 12.2 Å². The van der Waals surface area contributed by atoms with Crippen LogP contribution in [0.15, 0.2) is 18.2 Å². The molecule has 1 N–H and O–H groups in total. The Hall–Kier alpha value is -1.05. The molecule has 1 fully saturated rings. The molecule has 1 aliphatic rings. The van der Waals surface area contributed by atoms with Gasteiger partial charge in [0.05, 0.1) is 12.4 Å². The molecule has 0 aliphatic carbocycles. The van der Waals surface area contributed by atoms with Gasteiger partial charge in [0, 0.05) is 24.2 Å². The van der Waals surface area contributed by atoms with E-state index in [1.807, 2.05) is 0 Å². The largest absolute Gasteiger partial charge is 0.395 e. The van der Waals surface area contributed by atoms with Gasteiger partial charge >= 0.3 is 0 Å². The van der Waals surface area contributed by atoms with Crippen molar-refractivity contribution in [3.8, 4) is 0 Å². The highest BCUT2D eigenvalue weighted by Gasteiger charge is 2.34. The molecule has 1 heterocycles. The number of benzene rings is 1. The third kappa shape index (κ3) is 3.10. The molecule has 0 saturated carbocycles. The fraction of sp³-hybridized carbons (Fsp3) is 0.500. The molecule has 0 bridgehead atoms. The molecule has 0 aromatic heterocycles. The minimum atomic E-state index is -3.70. The summed E-state index contributed by atoms with van der Waals surface area (Å²) in [6, 6.07) is 2.39. The van der Waals surface area contributed by atoms with Crippen molar-refractivity contribution in [2.45, 2.75) is 24.6 Å². The molecule has 7 heteroatoms. The molecule has 4 nitrogen and oxygen atoms in total. The SMILES string of the molecule is O=S(=O)(Cc1ccc(F)cc1F)N1CCC[C@@H]1CO. The Morgan fingerprint density at radius 2 is 2.11 bits per heavy atom. The van der Waals surface area contributed by atoms with Crippen LogP contribution in [0.25, 0.3) is 0 Å². The highest BCUT2D eigenvalue weighted by Crippen LogP contribution is 2.24. The van der Waals surface area contributed by atoms with Crippen LogP contribution in [0.1, 0.15) is 18.4 Å². The zero-order valence-corrected chi connectivity index (χ0v) is 11.0. The summed E-state index contributed by atoms with van der Waals surface area (Å²) in [7, 11) is -3.70. The van der Waals surface area contributed by atoms with E-state index in [0.717, 1.165) is 12.1 Å². The van der Waals surface area contributed by atoms with Crippen LogP contribution in [0.5, 0.6) is 0 Å². The molecule has 1 atom stereocenters. The van der Waals surface area contributed by atoms with Crippen LogP contribution in [0.4, 0.5) is 8.78 Å². The first kappa shape index (κ1) is 14.4. The first-order valence-electron chi connectivity index (χ1n) is 5.98. The van der Waals surface area contributed by atoms with Gasteiger partial charge in [-0.3, -0.25) is 0 Å². The quantitative estimate of drug-likeness (QED) is 0.908. The average Bonchev–Trinajstić information content (AvgIpc) is 2.82. The lowest BCUT2D eigenvalue weighted by Gasteiger charge is -2.22. The second-order valence-electron chi connectivity index (χ2n) is 4.58. The van der Waals surface area contributed by atoms with Crippen LogP contribution in [-0.4, -0.2) is 37.0 Å². The number of hydrogen-bond donors (Lipinski definition) is 1. The molecule has 1 aliphatic heterocycles. The molecule has 0 unspecified atom stereocenters. The summed E-state index contributed by atoms with van der Waals surface area (Å²) in [6.07, 6.45) is 1.28. The zero-order valence-electron chi connectivity index (χ0n) is 10.2. The van der Waals surface area contributed by atoms with Crippen molar-refractivity contribution < 1.29 is 22.3 Å². The predicted molar refractivity (Wildman–Crippen MR) is 65.8 cm³/mol. The summed E-state index contributed by atoms with van der Waals surface area (Å²) in [4.78, 5) is 0. The van der Waals surface area contributed by atoms with Gasteiger partial charge in [0.1, 0.15) is 11.6 Å². The first-order chi connectivity index (χ1) is 8.94. The molecule has 106 valence electrons. The van der Waals surface area contributed by atoms with E-state index in [0.29, 0.717) is 25.5 Å². The van der Waals surface area contributed by atoms with Crippen LogP contribution >= 0.6 is 0 Å². The minimum absolute atomic E-state index is 0.0648. The lowest BCUT2D eigenvalue weighted by atomic mass is 10.2. The summed E-state index contributed by atoms with van der Waals surface area (Å²) in [5.41, 5.74) is -0.0648. The normalized spacial score (nSPS) is 20.9. The summed E-state index contributed by atoms with van der Waals surface area (Å²) in [5.74, 6) is -2.13. The maximum atomic E-state index is 13.5. The van der Waals surface area contributed by atoms with Crippen LogP contribution in [-0.2, 0) is 15.8 Å². The molecule has 0 spiro atoms. The van der Waals surface area contributed by atoms with Gasteiger partial charge in [0.25, 0.3) is 0 Å². The van der Waals surface area contributed by atoms with Gasteiger partial charge in [-0.1, -0.05) is 6.07 Å². The molecule has 1 aromatic carbocycles. The minimum Gasteiger partial charge on any atom is -0.395 e. The van der Waals surface area contributed by atoms with E-state index < -0.39 is 33.5 Å². The monoisotopic (exact) mass is 291 g/mol. The topological polar surface area (TPSA) is 57.6 Å². The number of halogens is 2. The molecule has 0 amide bonds. The summed E-state index contributed by atoms with van der Waals surface area (Å²) < 4.78 is 51.8. The van der Waals surface area contributed by atoms with Crippen LogP contribution in [0.3, 0.4) is 0 Å². The van der Waals surface area contributed by atoms with Crippen molar-refractivity contribution in [1.29, 1.82) is 0 Å². The van der Waals surface area contributed by atoms with Gasteiger partial charge in [-0.2, -0.15) is 4.31 Å². The lowest BCUT2D eigenvalue weighted by Crippen LogP contribution is -2.38. The fourth-order valence-corrected chi connectivity index (χ4v) is 4.10. The smallest absolute Gasteiger partial charge is 0.218 e. The highest BCUT2D eigenvalue weighted by atomic mass is 32.2. The Labute approximate surface area is 110 Å².